The molecule has 1 aromatic heterocycles. The molecule has 0 saturated heterocycles. The average Bonchev–Trinajstić information content (AvgIpc) is 2.84. The van der Waals surface area contributed by atoms with Crippen molar-refractivity contribution < 1.29 is 14.4 Å². The van der Waals surface area contributed by atoms with E-state index in [-0.39, 0.29) is 0 Å². The Balaban J connectivity index is 1.47. The van der Waals surface area contributed by atoms with Gasteiger partial charge in [-0.1, -0.05) is 17.3 Å². The first-order valence-corrected chi connectivity index (χ1v) is 8.12. The van der Waals surface area contributed by atoms with Crippen LogP contribution in [0.4, 0.5) is 0 Å². The predicted molar refractivity (Wildman–Crippen MR) is 87.3 cm³/mol. The number of nitrogens with one attached hydrogen (secondary N) is 1. The van der Waals surface area contributed by atoms with Crippen LogP contribution in [0.2, 0.25) is 0 Å². The molecule has 23 heavy (non-hydrogen) atoms. The standard InChI is InChI=1S/C18H24N2O3/c1-13-17(14(2)23-20-13)11-22-16-6-4-15(5-7-16)10-19-12-18(21)8-3-9-18/h4-7,19,21H,3,8-12H2,1-2H3. The number of rotatable bonds is 7. The van der Waals surface area contributed by atoms with Crippen molar-refractivity contribution >= 4 is 0 Å². The van der Waals surface area contributed by atoms with Gasteiger partial charge in [0, 0.05) is 13.1 Å². The summed E-state index contributed by atoms with van der Waals surface area (Å²) in [5.74, 6) is 1.63. The zero-order chi connectivity index (χ0) is 16.3. The highest BCUT2D eigenvalue weighted by atomic mass is 16.5. The summed E-state index contributed by atoms with van der Waals surface area (Å²) in [6.07, 6.45) is 2.96. The fourth-order valence-electron chi connectivity index (χ4n) is 2.77. The molecule has 0 amide bonds. The molecule has 0 spiro atoms. The van der Waals surface area contributed by atoms with E-state index in [0.29, 0.717) is 13.2 Å². The second kappa shape index (κ2) is 6.72. The number of ether oxygens (including phenoxy) is 1. The van der Waals surface area contributed by atoms with Crippen molar-refractivity contribution in [1.29, 1.82) is 0 Å². The summed E-state index contributed by atoms with van der Waals surface area (Å²) < 4.78 is 10.9. The number of hydrogen-bond donors (Lipinski definition) is 2. The largest absolute Gasteiger partial charge is 0.489 e. The van der Waals surface area contributed by atoms with Crippen molar-refractivity contribution in [3.63, 3.8) is 0 Å². The molecule has 0 atom stereocenters. The summed E-state index contributed by atoms with van der Waals surface area (Å²) in [5.41, 5.74) is 2.58. The molecular formula is C18H24N2O3. The molecule has 1 aliphatic rings. The Kier molecular flexibility index (Phi) is 4.68. The van der Waals surface area contributed by atoms with Gasteiger partial charge in [0.05, 0.1) is 16.9 Å². The summed E-state index contributed by atoms with van der Waals surface area (Å²) in [4.78, 5) is 0. The molecule has 2 aromatic rings. The number of aryl methyl sites for hydroxylation is 2. The Labute approximate surface area is 136 Å². The quantitative estimate of drug-likeness (QED) is 0.822. The number of benzene rings is 1. The van der Waals surface area contributed by atoms with Crippen LogP contribution in [0.3, 0.4) is 0 Å². The van der Waals surface area contributed by atoms with Gasteiger partial charge in [-0.05, 0) is 50.8 Å². The van der Waals surface area contributed by atoms with E-state index in [4.69, 9.17) is 9.26 Å². The third kappa shape index (κ3) is 3.92. The van der Waals surface area contributed by atoms with Gasteiger partial charge >= 0.3 is 0 Å². The van der Waals surface area contributed by atoms with Crippen molar-refractivity contribution in [2.24, 2.45) is 0 Å². The van der Waals surface area contributed by atoms with Crippen molar-refractivity contribution in [3.8, 4) is 5.75 Å². The van der Waals surface area contributed by atoms with Crippen LogP contribution < -0.4 is 10.1 Å². The lowest BCUT2D eigenvalue weighted by molar-refractivity contribution is -0.0314. The van der Waals surface area contributed by atoms with E-state index < -0.39 is 5.60 Å². The topological polar surface area (TPSA) is 67.5 Å². The smallest absolute Gasteiger partial charge is 0.140 e. The van der Waals surface area contributed by atoms with E-state index in [9.17, 15) is 5.11 Å². The van der Waals surface area contributed by atoms with Gasteiger partial charge in [0.25, 0.3) is 0 Å². The maximum Gasteiger partial charge on any atom is 0.140 e. The fraction of sp³-hybridized carbons (Fsp3) is 0.500. The average molecular weight is 316 g/mol. The number of nitrogens with zero attached hydrogens (tertiary/aromatic N) is 1. The second-order valence-electron chi connectivity index (χ2n) is 6.42. The van der Waals surface area contributed by atoms with Gasteiger partial charge in [-0.25, -0.2) is 0 Å². The molecule has 124 valence electrons. The van der Waals surface area contributed by atoms with Crippen LogP contribution in [0.5, 0.6) is 5.75 Å². The van der Waals surface area contributed by atoms with Crippen LogP contribution in [0.1, 0.15) is 41.8 Å². The van der Waals surface area contributed by atoms with Gasteiger partial charge < -0.3 is 19.7 Å². The van der Waals surface area contributed by atoms with Gasteiger partial charge in [-0.3, -0.25) is 0 Å². The normalized spacial score (nSPS) is 16.1. The van der Waals surface area contributed by atoms with Gasteiger partial charge in [0.1, 0.15) is 18.1 Å². The molecule has 1 aliphatic carbocycles. The Hall–Kier alpha value is -1.85. The maximum absolute atomic E-state index is 10.0. The van der Waals surface area contributed by atoms with Crippen molar-refractivity contribution in [3.05, 3.63) is 46.8 Å². The second-order valence-corrected chi connectivity index (χ2v) is 6.42. The highest BCUT2D eigenvalue weighted by Gasteiger charge is 2.33. The van der Waals surface area contributed by atoms with Crippen LogP contribution in [-0.2, 0) is 13.2 Å². The Morgan fingerprint density at radius 2 is 2.00 bits per heavy atom. The Bertz CT molecular complexity index is 625. The molecule has 0 radical (unpaired) electrons. The molecule has 5 heteroatoms. The SMILES string of the molecule is Cc1noc(C)c1COc1ccc(CNCC2(O)CCC2)cc1. The van der Waals surface area contributed by atoms with Gasteiger partial charge in [0.2, 0.25) is 0 Å². The first kappa shape index (κ1) is 16.0. The first-order valence-electron chi connectivity index (χ1n) is 8.12. The van der Waals surface area contributed by atoms with Gasteiger partial charge in [0.15, 0.2) is 0 Å². The Morgan fingerprint density at radius 3 is 2.57 bits per heavy atom. The van der Waals surface area contributed by atoms with E-state index >= 15 is 0 Å². The molecule has 0 bridgehead atoms. The van der Waals surface area contributed by atoms with Crippen LogP contribution in [0.15, 0.2) is 28.8 Å². The summed E-state index contributed by atoms with van der Waals surface area (Å²) in [6.45, 7) is 5.69. The van der Waals surface area contributed by atoms with Crippen molar-refractivity contribution in [1.82, 2.24) is 10.5 Å². The maximum atomic E-state index is 10.0. The Morgan fingerprint density at radius 1 is 1.26 bits per heavy atom. The van der Waals surface area contributed by atoms with E-state index in [1.54, 1.807) is 0 Å². The number of aliphatic hydroxyl groups is 1. The van der Waals surface area contributed by atoms with E-state index in [2.05, 4.69) is 10.5 Å². The van der Waals surface area contributed by atoms with Crippen LogP contribution in [-0.4, -0.2) is 22.4 Å². The van der Waals surface area contributed by atoms with Crippen LogP contribution >= 0.6 is 0 Å². The van der Waals surface area contributed by atoms with Crippen LogP contribution in [0.25, 0.3) is 0 Å². The lowest BCUT2D eigenvalue weighted by Crippen LogP contribution is -2.45. The molecule has 0 unspecified atom stereocenters. The lowest BCUT2D eigenvalue weighted by atomic mass is 9.80. The molecule has 1 heterocycles. The minimum Gasteiger partial charge on any atom is -0.489 e. The molecule has 5 nitrogen and oxygen atoms in total. The highest BCUT2D eigenvalue weighted by molar-refractivity contribution is 5.28. The monoisotopic (exact) mass is 316 g/mol. The summed E-state index contributed by atoms with van der Waals surface area (Å²) in [7, 11) is 0. The molecule has 1 saturated carbocycles. The zero-order valence-electron chi connectivity index (χ0n) is 13.8. The van der Waals surface area contributed by atoms with Crippen molar-refractivity contribution in [2.75, 3.05) is 6.54 Å². The predicted octanol–water partition coefficient (Wildman–Crippen LogP) is 2.88. The van der Waals surface area contributed by atoms with Crippen LogP contribution in [0, 0.1) is 13.8 Å². The molecule has 0 aliphatic heterocycles. The summed E-state index contributed by atoms with van der Waals surface area (Å²) in [6, 6.07) is 8.02. The lowest BCUT2D eigenvalue weighted by Gasteiger charge is -2.36. The molecule has 1 aromatic carbocycles. The number of aromatic nitrogens is 1. The molecular weight excluding hydrogens is 292 g/mol. The molecule has 3 rings (SSSR count). The highest BCUT2D eigenvalue weighted by Crippen LogP contribution is 2.30. The minimum absolute atomic E-state index is 0.464. The molecule has 1 fully saturated rings. The number of hydrogen-bond acceptors (Lipinski definition) is 5. The van der Waals surface area contributed by atoms with E-state index in [1.165, 1.54) is 5.56 Å². The third-order valence-electron chi connectivity index (χ3n) is 4.56. The van der Waals surface area contributed by atoms with Gasteiger partial charge in [-0.15, -0.1) is 0 Å². The van der Waals surface area contributed by atoms with Crippen molar-refractivity contribution in [2.45, 2.75) is 51.9 Å². The fourth-order valence-corrected chi connectivity index (χ4v) is 2.77. The first-order chi connectivity index (χ1) is 11.1. The zero-order valence-corrected chi connectivity index (χ0v) is 13.8. The molecule has 2 N–H and O–H groups in total. The minimum atomic E-state index is -0.475. The van der Waals surface area contributed by atoms with E-state index in [1.807, 2.05) is 38.1 Å². The third-order valence-corrected chi connectivity index (χ3v) is 4.56. The van der Waals surface area contributed by atoms with E-state index in [0.717, 1.165) is 48.6 Å². The summed E-state index contributed by atoms with van der Waals surface area (Å²) >= 11 is 0. The van der Waals surface area contributed by atoms with Gasteiger partial charge in [-0.2, -0.15) is 0 Å². The summed E-state index contributed by atoms with van der Waals surface area (Å²) in [5, 5.41) is 17.3.